The zero-order valence-corrected chi connectivity index (χ0v) is 12.3. The summed E-state index contributed by atoms with van der Waals surface area (Å²) in [5.74, 6) is 1.27. The molecule has 0 radical (unpaired) electrons. The summed E-state index contributed by atoms with van der Waals surface area (Å²) < 4.78 is 11.1. The van der Waals surface area contributed by atoms with Gasteiger partial charge in [0.2, 0.25) is 5.88 Å². The SMILES string of the molecule is CN[C@H]1C[C@H](Oc2ccc(OCC(=O)C(C)C)cn2)C1. The highest BCUT2D eigenvalue weighted by Crippen LogP contribution is 2.25. The van der Waals surface area contributed by atoms with Gasteiger partial charge in [-0.2, -0.15) is 0 Å². The van der Waals surface area contributed by atoms with Gasteiger partial charge in [-0.25, -0.2) is 4.98 Å². The fourth-order valence-corrected chi connectivity index (χ4v) is 1.91. The Balaban J connectivity index is 1.77. The smallest absolute Gasteiger partial charge is 0.213 e. The van der Waals surface area contributed by atoms with Crippen molar-refractivity contribution in [2.45, 2.75) is 38.8 Å². The van der Waals surface area contributed by atoms with Gasteiger partial charge in [-0.15, -0.1) is 0 Å². The lowest BCUT2D eigenvalue weighted by Gasteiger charge is -2.34. The van der Waals surface area contributed by atoms with E-state index in [1.54, 1.807) is 18.3 Å². The van der Waals surface area contributed by atoms with Crippen LogP contribution in [0.1, 0.15) is 26.7 Å². The van der Waals surface area contributed by atoms with Crippen molar-refractivity contribution in [3.05, 3.63) is 18.3 Å². The van der Waals surface area contributed by atoms with Gasteiger partial charge in [0, 0.05) is 18.0 Å². The summed E-state index contributed by atoms with van der Waals surface area (Å²) in [7, 11) is 1.96. The molecule has 1 aromatic heterocycles. The lowest BCUT2D eigenvalue weighted by molar-refractivity contribution is -0.123. The number of nitrogens with one attached hydrogen (secondary N) is 1. The number of pyridine rings is 1. The highest BCUT2D eigenvalue weighted by molar-refractivity contribution is 5.81. The van der Waals surface area contributed by atoms with Crippen molar-refractivity contribution in [1.82, 2.24) is 10.3 Å². The van der Waals surface area contributed by atoms with Gasteiger partial charge in [-0.3, -0.25) is 4.79 Å². The van der Waals surface area contributed by atoms with Crippen LogP contribution in [0, 0.1) is 5.92 Å². The van der Waals surface area contributed by atoms with E-state index in [-0.39, 0.29) is 24.4 Å². The molecule has 1 saturated carbocycles. The molecule has 1 aliphatic carbocycles. The third-order valence-corrected chi connectivity index (χ3v) is 3.52. The van der Waals surface area contributed by atoms with Gasteiger partial charge >= 0.3 is 0 Å². The molecule has 20 heavy (non-hydrogen) atoms. The van der Waals surface area contributed by atoms with Crippen molar-refractivity contribution < 1.29 is 14.3 Å². The Labute approximate surface area is 119 Å². The van der Waals surface area contributed by atoms with Crippen molar-refractivity contribution in [2.24, 2.45) is 5.92 Å². The second-order valence-corrected chi connectivity index (χ2v) is 5.44. The minimum atomic E-state index is -0.00990. The third-order valence-electron chi connectivity index (χ3n) is 3.52. The summed E-state index contributed by atoms with van der Waals surface area (Å²) in [6.45, 7) is 3.81. The van der Waals surface area contributed by atoms with Crippen LogP contribution in [0.4, 0.5) is 0 Å². The van der Waals surface area contributed by atoms with Crippen molar-refractivity contribution in [3.63, 3.8) is 0 Å². The number of ketones is 1. The molecular weight excluding hydrogens is 256 g/mol. The molecule has 0 amide bonds. The van der Waals surface area contributed by atoms with Crippen LogP contribution in [-0.4, -0.2) is 36.6 Å². The standard InChI is InChI=1S/C15H22N2O3/c1-10(2)14(18)9-19-12-4-5-15(17-8-12)20-13-6-11(7-13)16-3/h4-5,8,10-11,13,16H,6-7,9H2,1-3H3/t11-,13-. The first-order valence-electron chi connectivity index (χ1n) is 7.04. The largest absolute Gasteiger partial charge is 0.484 e. The topological polar surface area (TPSA) is 60.5 Å². The molecule has 0 unspecified atom stereocenters. The van der Waals surface area contributed by atoms with Crippen molar-refractivity contribution >= 4 is 5.78 Å². The molecule has 5 nitrogen and oxygen atoms in total. The van der Waals surface area contributed by atoms with Crippen LogP contribution in [0.5, 0.6) is 11.6 Å². The summed E-state index contributed by atoms with van der Waals surface area (Å²) in [4.78, 5) is 15.7. The van der Waals surface area contributed by atoms with Crippen LogP contribution in [-0.2, 0) is 4.79 Å². The fourth-order valence-electron chi connectivity index (χ4n) is 1.91. The number of ether oxygens (including phenoxy) is 2. The Hall–Kier alpha value is -1.62. The summed E-state index contributed by atoms with van der Waals surface area (Å²) in [5.41, 5.74) is 0. The maximum atomic E-state index is 11.5. The van der Waals surface area contributed by atoms with Crippen LogP contribution in [0.15, 0.2) is 18.3 Å². The second kappa shape index (κ2) is 6.70. The molecule has 110 valence electrons. The number of Topliss-reactive ketones (excluding diaryl/α,β-unsaturated/α-hetero) is 1. The lowest BCUT2D eigenvalue weighted by atomic mass is 9.89. The predicted molar refractivity (Wildman–Crippen MR) is 76.1 cm³/mol. The first-order chi connectivity index (χ1) is 9.58. The van der Waals surface area contributed by atoms with Gasteiger partial charge < -0.3 is 14.8 Å². The van der Waals surface area contributed by atoms with Crippen molar-refractivity contribution in [1.29, 1.82) is 0 Å². The summed E-state index contributed by atoms with van der Waals surface area (Å²) >= 11 is 0. The van der Waals surface area contributed by atoms with Gasteiger partial charge in [-0.1, -0.05) is 13.8 Å². The summed E-state index contributed by atoms with van der Waals surface area (Å²) in [5, 5.41) is 3.21. The Morgan fingerprint density at radius 2 is 2.20 bits per heavy atom. The Bertz CT molecular complexity index is 439. The van der Waals surface area contributed by atoms with Gasteiger partial charge in [0.1, 0.15) is 18.5 Å². The number of hydrogen-bond donors (Lipinski definition) is 1. The van der Waals surface area contributed by atoms with Crippen LogP contribution in [0.3, 0.4) is 0 Å². The van der Waals surface area contributed by atoms with Crippen LogP contribution in [0.2, 0.25) is 0 Å². The molecule has 2 rings (SSSR count). The van der Waals surface area contributed by atoms with E-state index in [0.717, 1.165) is 12.8 Å². The molecule has 0 atom stereocenters. The predicted octanol–water partition coefficient (Wildman–Crippen LogP) is 1.81. The normalized spacial score (nSPS) is 21.4. The van der Waals surface area contributed by atoms with Gasteiger partial charge in [0.25, 0.3) is 0 Å². The third kappa shape index (κ3) is 3.93. The molecule has 0 saturated heterocycles. The van der Waals surface area contributed by atoms with Gasteiger partial charge in [0.05, 0.1) is 6.20 Å². The van der Waals surface area contributed by atoms with Crippen LogP contribution < -0.4 is 14.8 Å². The van der Waals surface area contributed by atoms with E-state index in [9.17, 15) is 4.79 Å². The monoisotopic (exact) mass is 278 g/mol. The number of hydrogen-bond acceptors (Lipinski definition) is 5. The highest BCUT2D eigenvalue weighted by atomic mass is 16.5. The number of aromatic nitrogens is 1. The van der Waals surface area contributed by atoms with E-state index in [1.807, 2.05) is 20.9 Å². The van der Waals surface area contributed by atoms with Gasteiger partial charge in [0.15, 0.2) is 5.78 Å². The first kappa shape index (κ1) is 14.8. The van der Waals surface area contributed by atoms with E-state index in [4.69, 9.17) is 9.47 Å². The van der Waals surface area contributed by atoms with E-state index >= 15 is 0 Å². The Kier molecular flexibility index (Phi) is 4.95. The maximum absolute atomic E-state index is 11.5. The highest BCUT2D eigenvalue weighted by Gasteiger charge is 2.29. The molecule has 0 aromatic carbocycles. The fraction of sp³-hybridized carbons (Fsp3) is 0.600. The molecule has 1 N–H and O–H groups in total. The van der Waals surface area contributed by atoms with Crippen molar-refractivity contribution in [3.8, 4) is 11.6 Å². The molecule has 5 heteroatoms. The molecule has 0 spiro atoms. The van der Waals surface area contributed by atoms with E-state index < -0.39 is 0 Å². The average molecular weight is 278 g/mol. The quantitative estimate of drug-likeness (QED) is 0.824. The molecule has 0 bridgehead atoms. The Morgan fingerprint density at radius 1 is 1.45 bits per heavy atom. The van der Waals surface area contributed by atoms with E-state index in [1.165, 1.54) is 0 Å². The summed E-state index contributed by atoms with van der Waals surface area (Å²) in [6.07, 6.45) is 3.87. The Morgan fingerprint density at radius 3 is 2.75 bits per heavy atom. The molecular formula is C15H22N2O3. The number of carbonyl (C=O) groups is 1. The molecule has 1 aromatic rings. The first-order valence-corrected chi connectivity index (χ1v) is 7.04. The summed E-state index contributed by atoms with van der Waals surface area (Å²) in [6, 6.07) is 4.12. The molecule has 1 aliphatic rings. The zero-order chi connectivity index (χ0) is 14.5. The number of nitrogens with zero attached hydrogens (tertiary/aromatic N) is 1. The van der Waals surface area contributed by atoms with E-state index in [0.29, 0.717) is 17.7 Å². The van der Waals surface area contributed by atoms with Crippen molar-refractivity contribution in [2.75, 3.05) is 13.7 Å². The number of rotatable bonds is 7. The minimum Gasteiger partial charge on any atom is -0.484 e. The van der Waals surface area contributed by atoms with Gasteiger partial charge in [-0.05, 0) is 26.0 Å². The lowest BCUT2D eigenvalue weighted by Crippen LogP contribution is -2.45. The van der Waals surface area contributed by atoms with Crippen LogP contribution in [0.25, 0.3) is 0 Å². The van der Waals surface area contributed by atoms with E-state index in [2.05, 4.69) is 10.3 Å². The molecule has 0 aliphatic heterocycles. The average Bonchev–Trinajstić information content (AvgIpc) is 2.40. The molecule has 1 fully saturated rings. The second-order valence-electron chi connectivity index (χ2n) is 5.44. The maximum Gasteiger partial charge on any atom is 0.213 e. The number of carbonyl (C=O) groups excluding carboxylic acids is 1. The minimum absolute atomic E-state index is 0.00990. The van der Waals surface area contributed by atoms with Crippen LogP contribution >= 0.6 is 0 Å². The molecule has 1 heterocycles. The zero-order valence-electron chi connectivity index (χ0n) is 12.3.